The second kappa shape index (κ2) is 13.2. The zero-order valence-corrected chi connectivity index (χ0v) is 18.0. The zero-order chi connectivity index (χ0) is 20.2. The molecule has 1 saturated carbocycles. The summed E-state index contributed by atoms with van der Waals surface area (Å²) < 4.78 is 5.80. The lowest BCUT2D eigenvalue weighted by molar-refractivity contribution is -0.165. The van der Waals surface area contributed by atoms with E-state index in [1.54, 1.807) is 0 Å². The Kier molecular flexibility index (Phi) is 11.7. The van der Waals surface area contributed by atoms with Crippen molar-refractivity contribution in [1.82, 2.24) is 0 Å². The number of hydrogen-bond acceptors (Lipinski definition) is 3. The Bertz CT molecular complexity index is 430. The number of carbonyl (C=O) groups is 2. The average molecular weight is 383 g/mol. The van der Waals surface area contributed by atoms with Gasteiger partial charge in [0.15, 0.2) is 0 Å². The summed E-state index contributed by atoms with van der Waals surface area (Å²) in [6.07, 6.45) is 12.6. The molecule has 27 heavy (non-hydrogen) atoms. The van der Waals surface area contributed by atoms with Crippen LogP contribution in [0.5, 0.6) is 0 Å². The fraction of sp³-hybridized carbons (Fsp3) is 0.913. The maximum Gasteiger partial charge on any atom is 0.310 e. The Morgan fingerprint density at radius 1 is 0.852 bits per heavy atom. The zero-order valence-electron chi connectivity index (χ0n) is 18.0. The van der Waals surface area contributed by atoms with Gasteiger partial charge >= 0.3 is 11.9 Å². The van der Waals surface area contributed by atoms with E-state index in [0.717, 1.165) is 31.6 Å². The maximum atomic E-state index is 12.6. The smallest absolute Gasteiger partial charge is 0.310 e. The van der Waals surface area contributed by atoms with Crippen molar-refractivity contribution in [3.63, 3.8) is 0 Å². The molecule has 3 unspecified atom stereocenters. The van der Waals surface area contributed by atoms with Crippen LogP contribution in [-0.2, 0) is 14.3 Å². The first kappa shape index (κ1) is 24.0. The fourth-order valence-electron chi connectivity index (χ4n) is 4.08. The molecule has 0 aliphatic heterocycles. The molecule has 1 aliphatic rings. The molecule has 0 spiro atoms. The predicted molar refractivity (Wildman–Crippen MR) is 110 cm³/mol. The second-order valence-corrected chi connectivity index (χ2v) is 9.15. The molecule has 0 radical (unpaired) electrons. The minimum absolute atomic E-state index is 0.0881. The second-order valence-electron chi connectivity index (χ2n) is 9.15. The first-order chi connectivity index (χ1) is 12.8. The normalized spacial score (nSPS) is 21.4. The topological polar surface area (TPSA) is 63.6 Å². The van der Waals surface area contributed by atoms with Gasteiger partial charge in [0, 0.05) is 0 Å². The third kappa shape index (κ3) is 9.62. The van der Waals surface area contributed by atoms with Gasteiger partial charge in [0.1, 0.15) is 6.10 Å². The molecule has 0 heterocycles. The van der Waals surface area contributed by atoms with Crippen molar-refractivity contribution in [3.05, 3.63) is 0 Å². The van der Waals surface area contributed by atoms with Crippen LogP contribution in [0, 0.1) is 23.7 Å². The Morgan fingerprint density at radius 3 is 1.89 bits per heavy atom. The molecule has 3 atom stereocenters. The van der Waals surface area contributed by atoms with Crippen LogP contribution in [0.2, 0.25) is 0 Å². The summed E-state index contributed by atoms with van der Waals surface area (Å²) in [7, 11) is 0. The summed E-state index contributed by atoms with van der Waals surface area (Å²) in [5.74, 6) is -1.09. The van der Waals surface area contributed by atoms with E-state index in [4.69, 9.17) is 4.74 Å². The monoisotopic (exact) mass is 382 g/mol. The van der Waals surface area contributed by atoms with Crippen molar-refractivity contribution in [2.24, 2.45) is 23.7 Å². The molecule has 1 N–H and O–H groups in total. The minimum atomic E-state index is -0.852. The number of esters is 1. The lowest BCUT2D eigenvalue weighted by atomic mass is 9.79. The number of carbonyl (C=O) groups excluding carboxylic acids is 1. The molecular weight excluding hydrogens is 340 g/mol. The number of rotatable bonds is 13. The third-order valence-electron chi connectivity index (χ3n) is 5.92. The number of carboxylic acids is 1. The maximum absolute atomic E-state index is 12.6. The van der Waals surface area contributed by atoms with E-state index < -0.39 is 17.8 Å². The third-order valence-corrected chi connectivity index (χ3v) is 5.92. The molecule has 0 amide bonds. The van der Waals surface area contributed by atoms with Gasteiger partial charge in [0.25, 0.3) is 0 Å². The molecule has 0 aromatic heterocycles. The van der Waals surface area contributed by atoms with Crippen LogP contribution in [0.4, 0.5) is 0 Å². The first-order valence-electron chi connectivity index (χ1n) is 11.3. The molecule has 1 rings (SSSR count). The van der Waals surface area contributed by atoms with Crippen LogP contribution in [0.15, 0.2) is 0 Å². The van der Waals surface area contributed by atoms with E-state index in [0.29, 0.717) is 12.8 Å². The molecule has 0 aromatic carbocycles. The average Bonchev–Trinajstić information content (AvgIpc) is 2.62. The van der Waals surface area contributed by atoms with Crippen LogP contribution in [0.3, 0.4) is 0 Å². The van der Waals surface area contributed by atoms with Crippen molar-refractivity contribution in [2.75, 3.05) is 0 Å². The lowest BCUT2D eigenvalue weighted by Crippen LogP contribution is -2.36. The van der Waals surface area contributed by atoms with Crippen LogP contribution in [0.25, 0.3) is 0 Å². The van der Waals surface area contributed by atoms with Gasteiger partial charge in [-0.25, -0.2) is 0 Å². The quantitative estimate of drug-likeness (QED) is 0.303. The van der Waals surface area contributed by atoms with Crippen molar-refractivity contribution < 1.29 is 19.4 Å². The van der Waals surface area contributed by atoms with E-state index in [9.17, 15) is 14.7 Å². The fourth-order valence-corrected chi connectivity index (χ4v) is 4.08. The predicted octanol–water partition coefficient (Wildman–Crippen LogP) is 6.22. The molecule has 4 heteroatoms. The van der Waals surface area contributed by atoms with Crippen molar-refractivity contribution in [1.29, 1.82) is 0 Å². The first-order valence-corrected chi connectivity index (χ1v) is 11.3. The summed E-state index contributed by atoms with van der Waals surface area (Å²) in [6.45, 7) is 8.72. The van der Waals surface area contributed by atoms with Gasteiger partial charge in [-0.15, -0.1) is 0 Å². The molecular formula is C23H42O4. The van der Waals surface area contributed by atoms with E-state index in [-0.39, 0.29) is 18.0 Å². The highest BCUT2D eigenvalue weighted by Crippen LogP contribution is 2.32. The molecule has 0 aromatic rings. The highest BCUT2D eigenvalue weighted by molar-refractivity contribution is 5.81. The Morgan fingerprint density at radius 2 is 1.37 bits per heavy atom. The molecule has 4 nitrogen and oxygen atoms in total. The van der Waals surface area contributed by atoms with Crippen molar-refractivity contribution in [3.8, 4) is 0 Å². The van der Waals surface area contributed by atoms with Crippen molar-refractivity contribution in [2.45, 2.75) is 111 Å². The van der Waals surface area contributed by atoms with Gasteiger partial charge in [-0.05, 0) is 37.5 Å². The van der Waals surface area contributed by atoms with Gasteiger partial charge in [0.05, 0.1) is 11.8 Å². The van der Waals surface area contributed by atoms with E-state index in [2.05, 4.69) is 27.7 Å². The standard InChI is InChI=1S/C23H42O4/c1-17(2)13-9-7-5-6-8-10-16-21(18(3)4)27-23(26)20-15-12-11-14-19(20)22(24)25/h17-21H,5-16H2,1-4H3,(H,24,25). The lowest BCUT2D eigenvalue weighted by Gasteiger charge is -2.30. The molecule has 1 aliphatic carbocycles. The number of ether oxygens (including phenoxy) is 1. The number of carboxylic acid groups (broad SMARTS) is 1. The molecule has 1 fully saturated rings. The Balaban J connectivity index is 2.32. The summed E-state index contributed by atoms with van der Waals surface area (Å²) in [4.78, 5) is 24.0. The largest absolute Gasteiger partial charge is 0.481 e. The molecule has 0 saturated heterocycles. The summed E-state index contributed by atoms with van der Waals surface area (Å²) >= 11 is 0. The van der Waals surface area contributed by atoms with Gasteiger partial charge < -0.3 is 9.84 Å². The van der Waals surface area contributed by atoms with E-state index >= 15 is 0 Å². The van der Waals surface area contributed by atoms with Crippen molar-refractivity contribution >= 4 is 11.9 Å². The van der Waals surface area contributed by atoms with Crippen LogP contribution in [-0.4, -0.2) is 23.1 Å². The van der Waals surface area contributed by atoms with Crippen LogP contribution >= 0.6 is 0 Å². The summed E-state index contributed by atoms with van der Waals surface area (Å²) in [6, 6.07) is 0. The highest BCUT2D eigenvalue weighted by atomic mass is 16.5. The van der Waals surface area contributed by atoms with Crippen LogP contribution < -0.4 is 0 Å². The Labute approximate surface area is 166 Å². The number of unbranched alkanes of at least 4 members (excludes halogenated alkanes) is 5. The van der Waals surface area contributed by atoms with Crippen LogP contribution in [0.1, 0.15) is 105 Å². The van der Waals surface area contributed by atoms with Gasteiger partial charge in [0.2, 0.25) is 0 Å². The number of aliphatic carboxylic acids is 1. The molecule has 158 valence electrons. The Hall–Kier alpha value is -1.06. The van der Waals surface area contributed by atoms with E-state index in [1.807, 2.05) is 0 Å². The minimum Gasteiger partial charge on any atom is -0.481 e. The SMILES string of the molecule is CC(C)CCCCCCCCC(OC(=O)C1CCCCC1C(=O)O)C(C)C. The summed E-state index contributed by atoms with van der Waals surface area (Å²) in [5.41, 5.74) is 0. The highest BCUT2D eigenvalue weighted by Gasteiger charge is 2.37. The van der Waals surface area contributed by atoms with Gasteiger partial charge in [-0.3, -0.25) is 9.59 Å². The van der Waals surface area contributed by atoms with E-state index in [1.165, 1.54) is 38.5 Å². The van der Waals surface area contributed by atoms with Gasteiger partial charge in [-0.1, -0.05) is 79.1 Å². The molecule has 0 bridgehead atoms. The number of hydrogen-bond donors (Lipinski definition) is 1. The van der Waals surface area contributed by atoms with Gasteiger partial charge in [-0.2, -0.15) is 0 Å². The summed E-state index contributed by atoms with van der Waals surface area (Å²) in [5, 5.41) is 9.39.